The summed E-state index contributed by atoms with van der Waals surface area (Å²) in [6, 6.07) is 0. The number of unbranched alkanes of at least 4 members (excludes halogenated alkanes) is 2. The molecule has 0 aromatic carbocycles. The molecule has 6 heterocycles. The van der Waals surface area contributed by atoms with Crippen LogP contribution in [0.15, 0.2) is 0 Å². The van der Waals surface area contributed by atoms with Crippen molar-refractivity contribution in [3.63, 3.8) is 0 Å². The second-order valence-corrected chi connectivity index (χ2v) is 20.0. The zero-order valence-corrected chi connectivity index (χ0v) is 34.2. The molecule has 6 aliphatic heterocycles. The molecule has 318 valence electrons. The Balaban J connectivity index is 0.804. The number of imide groups is 1. The number of amides is 2. The molecule has 2 amide bonds. The molecule has 14 heteroatoms. The number of carbonyl (C=O) groups is 3. The number of nitrogens with zero attached hydrogens (tertiary/aromatic N) is 1. The van der Waals surface area contributed by atoms with Crippen LogP contribution in [-0.4, -0.2) is 84.9 Å². The fourth-order valence-corrected chi connectivity index (χ4v) is 13.9. The minimum Gasteiger partial charge on any atom is -0.378 e. The molecule has 18 unspecified atom stereocenters. The van der Waals surface area contributed by atoms with Gasteiger partial charge in [-0.05, 0) is 118 Å². The van der Waals surface area contributed by atoms with Crippen molar-refractivity contribution in [1.29, 1.82) is 0 Å². The molecular weight excluding hydrogens is 723 g/mol. The molecule has 10 rings (SSSR count). The number of carbonyl (C=O) groups excluding carboxylic acids is 3. The first-order chi connectivity index (χ1) is 27.9. The molecule has 8 bridgehead atoms. The van der Waals surface area contributed by atoms with E-state index >= 15 is 0 Å². The van der Waals surface area contributed by atoms with Crippen molar-refractivity contribution < 1.29 is 24.0 Å². The first kappa shape index (κ1) is 39.4. The van der Waals surface area contributed by atoms with E-state index in [2.05, 4.69) is 42.5 Å². The summed E-state index contributed by atoms with van der Waals surface area (Å²) >= 11 is 0. The Morgan fingerprint density at radius 3 is 1.35 bits per heavy atom. The molecular formula is C43H71N9O5. The van der Waals surface area contributed by atoms with Gasteiger partial charge in [-0.1, -0.05) is 51.9 Å². The van der Waals surface area contributed by atoms with Crippen LogP contribution in [-0.2, 0) is 24.0 Å². The summed E-state index contributed by atoms with van der Waals surface area (Å²) < 4.78 is 6.60. The molecule has 18 atom stereocenters. The van der Waals surface area contributed by atoms with Crippen molar-refractivity contribution in [2.75, 3.05) is 6.61 Å². The smallest absolute Gasteiger partial charge is 0.333 e. The highest BCUT2D eigenvalue weighted by Crippen LogP contribution is 2.46. The van der Waals surface area contributed by atoms with Gasteiger partial charge in [-0.2, -0.15) is 0 Å². The third kappa shape index (κ3) is 7.86. The fraction of sp³-hybridized carbons (Fsp3) is 0.930. The summed E-state index contributed by atoms with van der Waals surface area (Å²) in [5.74, 6) is 3.14. The number of fused-ring (bicyclic) bond motifs is 20. The zero-order valence-electron chi connectivity index (χ0n) is 34.2. The molecule has 8 N–H and O–H groups in total. The third-order valence-electron chi connectivity index (χ3n) is 16.7. The monoisotopic (exact) mass is 794 g/mol. The molecule has 0 radical (unpaired) electrons. The van der Waals surface area contributed by atoms with E-state index in [-0.39, 0.29) is 37.4 Å². The van der Waals surface area contributed by atoms with Gasteiger partial charge < -0.3 is 9.57 Å². The highest BCUT2D eigenvalue weighted by atomic mass is 16.7. The summed E-state index contributed by atoms with van der Waals surface area (Å²) in [7, 11) is 0. The van der Waals surface area contributed by atoms with Crippen molar-refractivity contribution in [3.05, 3.63) is 0 Å². The van der Waals surface area contributed by atoms with Crippen LogP contribution in [0.25, 0.3) is 0 Å². The Kier molecular flexibility index (Phi) is 11.7. The standard InChI is InChI=1S/C43H71N9O5/c1-23-21-33(53)52(43(23)55)57-34(54)17-3-2-10-20-56-24-18-19-31-32(22-24)42-50-40-30-16-9-8-15-29(30)38(48-40)46-36-26-12-5-4-11-25(26)35(44-36)45-37-27-13-6-7-14-28(27)39(47-37)49-41(31)51-42/h23-32,35-42,44-51H,2-22H2,1H3. The molecule has 10 aliphatic rings. The molecule has 0 aromatic heterocycles. The maximum absolute atomic E-state index is 12.4. The molecule has 0 aromatic rings. The highest BCUT2D eigenvalue weighted by Gasteiger charge is 2.55. The maximum atomic E-state index is 12.4. The van der Waals surface area contributed by atoms with Crippen LogP contribution in [0.3, 0.4) is 0 Å². The maximum Gasteiger partial charge on any atom is 0.333 e. The van der Waals surface area contributed by atoms with E-state index in [0.717, 1.165) is 32.1 Å². The normalized spacial score (nSPS) is 48.0. The Labute approximate surface area is 339 Å². The van der Waals surface area contributed by atoms with Crippen LogP contribution >= 0.6 is 0 Å². The molecule has 4 aliphatic carbocycles. The van der Waals surface area contributed by atoms with E-state index < -0.39 is 23.7 Å². The first-order valence-corrected chi connectivity index (χ1v) is 23.7. The second kappa shape index (κ2) is 17.0. The first-order valence-electron chi connectivity index (χ1n) is 23.7. The van der Waals surface area contributed by atoms with Crippen LogP contribution in [0.1, 0.15) is 135 Å². The zero-order chi connectivity index (χ0) is 38.6. The second-order valence-electron chi connectivity index (χ2n) is 20.0. The van der Waals surface area contributed by atoms with Crippen molar-refractivity contribution >= 4 is 17.8 Å². The van der Waals surface area contributed by atoms with Gasteiger partial charge in [-0.15, -0.1) is 5.06 Å². The molecule has 14 nitrogen and oxygen atoms in total. The molecule has 6 saturated heterocycles. The van der Waals surface area contributed by atoms with Gasteiger partial charge in [0.25, 0.3) is 11.8 Å². The van der Waals surface area contributed by atoms with Crippen LogP contribution in [0, 0.1) is 53.3 Å². The van der Waals surface area contributed by atoms with Crippen molar-refractivity contribution in [2.24, 2.45) is 53.3 Å². The molecule has 10 fully saturated rings. The summed E-state index contributed by atoms with van der Waals surface area (Å²) in [6.07, 6.45) is 24.4. The van der Waals surface area contributed by atoms with Gasteiger partial charge in [0.15, 0.2) is 0 Å². The van der Waals surface area contributed by atoms with Crippen LogP contribution in [0.4, 0.5) is 0 Å². The van der Waals surface area contributed by atoms with Gasteiger partial charge in [0.05, 0.1) is 55.4 Å². The van der Waals surface area contributed by atoms with Crippen LogP contribution in [0.5, 0.6) is 0 Å². The SMILES string of the molecule is CC1CC(=O)N(OC(=O)CCCCCOC2CCC3C4NC5NC(NC6NC(NC7NC(NC(N4)C3C2)C2CCCCC72)C2CCCCC62)C2CCCCC52)C1=O. The molecule has 0 spiro atoms. The Morgan fingerprint density at radius 2 is 0.947 bits per heavy atom. The largest absolute Gasteiger partial charge is 0.378 e. The van der Waals surface area contributed by atoms with Gasteiger partial charge in [0.1, 0.15) is 0 Å². The predicted molar refractivity (Wildman–Crippen MR) is 212 cm³/mol. The van der Waals surface area contributed by atoms with E-state index in [1.807, 2.05) is 0 Å². The number of ether oxygens (including phenoxy) is 1. The van der Waals surface area contributed by atoms with E-state index in [1.54, 1.807) is 6.92 Å². The van der Waals surface area contributed by atoms with Crippen LogP contribution < -0.4 is 42.5 Å². The quantitative estimate of drug-likeness (QED) is 0.134. The van der Waals surface area contributed by atoms with Crippen molar-refractivity contribution in [2.45, 2.75) is 191 Å². The van der Waals surface area contributed by atoms with Gasteiger partial charge in [-0.25, -0.2) is 4.79 Å². The summed E-state index contributed by atoms with van der Waals surface area (Å²) in [6.45, 7) is 2.35. The average molecular weight is 794 g/mol. The average Bonchev–Trinajstić information content (AvgIpc) is 4.00. The number of hydroxylamine groups is 2. The topological polar surface area (TPSA) is 169 Å². The predicted octanol–water partition coefficient (Wildman–Crippen LogP) is 3.01. The van der Waals surface area contributed by atoms with Crippen molar-refractivity contribution in [1.82, 2.24) is 47.6 Å². The lowest BCUT2D eigenvalue weighted by Crippen LogP contribution is -2.61. The highest BCUT2D eigenvalue weighted by molar-refractivity contribution is 6.02. The van der Waals surface area contributed by atoms with Gasteiger partial charge in [0, 0.05) is 25.4 Å². The fourth-order valence-electron chi connectivity index (χ4n) is 13.9. The van der Waals surface area contributed by atoms with Crippen molar-refractivity contribution in [3.8, 4) is 0 Å². The number of hydrogen-bond acceptors (Lipinski definition) is 13. The lowest BCUT2D eigenvalue weighted by atomic mass is 9.76. The van der Waals surface area contributed by atoms with Gasteiger partial charge in [-0.3, -0.25) is 52.1 Å². The van der Waals surface area contributed by atoms with E-state index in [0.29, 0.717) is 96.3 Å². The van der Waals surface area contributed by atoms with E-state index in [4.69, 9.17) is 9.57 Å². The van der Waals surface area contributed by atoms with E-state index in [1.165, 1.54) is 77.0 Å². The van der Waals surface area contributed by atoms with Crippen LogP contribution in [0.2, 0.25) is 0 Å². The lowest BCUT2D eigenvalue weighted by molar-refractivity contribution is -0.198. The molecule has 57 heavy (non-hydrogen) atoms. The van der Waals surface area contributed by atoms with Gasteiger partial charge in [0.2, 0.25) is 0 Å². The minimum atomic E-state index is -0.521. The summed E-state index contributed by atoms with van der Waals surface area (Å²) in [5.41, 5.74) is 0. The summed E-state index contributed by atoms with van der Waals surface area (Å²) in [4.78, 5) is 41.5. The molecule has 4 saturated carbocycles. The Morgan fingerprint density at radius 1 is 0.544 bits per heavy atom. The lowest BCUT2D eigenvalue weighted by Gasteiger charge is -2.37. The minimum absolute atomic E-state index is 0.0999. The number of nitrogens with one attached hydrogen (secondary N) is 8. The van der Waals surface area contributed by atoms with E-state index in [9.17, 15) is 14.4 Å². The number of hydrogen-bond donors (Lipinski definition) is 8. The third-order valence-corrected chi connectivity index (χ3v) is 16.7. The Hall–Kier alpha value is -1.75. The Bertz CT molecular complexity index is 1470. The summed E-state index contributed by atoms with van der Waals surface area (Å²) in [5, 5.41) is 34.4. The number of rotatable bonds is 8. The van der Waals surface area contributed by atoms with Gasteiger partial charge >= 0.3 is 5.97 Å².